The van der Waals surface area contributed by atoms with Gasteiger partial charge in [-0.2, -0.15) is 22.5 Å². The molecule has 1 fully saturated rings. The van der Waals surface area contributed by atoms with Gasteiger partial charge in [0.15, 0.2) is 0 Å². The molecule has 3 nitrogen and oxygen atoms in total. The Hall–Kier alpha value is -1.37. The Balaban J connectivity index is 2.44. The highest BCUT2D eigenvalue weighted by Crippen LogP contribution is 2.31. The fourth-order valence-electron chi connectivity index (χ4n) is 2.16. The van der Waals surface area contributed by atoms with E-state index < -0.39 is 34.8 Å². The molecular weight excluding hydrogens is 252 g/mol. The van der Waals surface area contributed by atoms with Crippen LogP contribution in [0.3, 0.4) is 0 Å². The number of β-amino-alcohol motifs (C(OH)–C–C–N with tert-alkyl or cyclic N) is 1. The maximum Gasteiger partial charge on any atom is 0.253 e. The zero-order valence-electron chi connectivity index (χ0n) is 9.68. The normalized spacial score (nSPS) is 24.4. The highest BCUT2D eigenvalue weighted by Gasteiger charge is 2.33. The second-order valence-electron chi connectivity index (χ2n) is 4.69. The molecule has 0 aliphatic carbocycles. The minimum Gasteiger partial charge on any atom is -0.388 e. The number of hydrogen-bond acceptors (Lipinski definition) is 3. The Kier molecular flexibility index (Phi) is 3.18. The summed E-state index contributed by atoms with van der Waals surface area (Å²) in [5.41, 5.74) is -1.95. The first kappa shape index (κ1) is 13.1. The molecule has 7 heteroatoms. The number of aliphatic hydroxyl groups is 1. The average molecular weight is 264 g/mol. The van der Waals surface area contributed by atoms with Crippen molar-refractivity contribution in [3.8, 4) is 0 Å². The number of halogens is 4. The van der Waals surface area contributed by atoms with E-state index in [-0.39, 0.29) is 13.1 Å². The highest BCUT2D eigenvalue weighted by molar-refractivity contribution is 5.49. The summed E-state index contributed by atoms with van der Waals surface area (Å²) in [5, 5.41) is 9.84. The minimum absolute atomic E-state index is 0.0935. The molecule has 1 aliphatic rings. The van der Waals surface area contributed by atoms with Gasteiger partial charge in [0.05, 0.1) is 5.60 Å². The molecule has 1 aromatic heterocycles. The van der Waals surface area contributed by atoms with E-state index in [0.29, 0.717) is 12.8 Å². The van der Waals surface area contributed by atoms with E-state index in [2.05, 4.69) is 4.98 Å². The molecule has 1 aromatic rings. The third kappa shape index (κ3) is 2.27. The lowest BCUT2D eigenvalue weighted by molar-refractivity contribution is 0.0444. The predicted molar refractivity (Wildman–Crippen MR) is 56.1 cm³/mol. The van der Waals surface area contributed by atoms with Crippen LogP contribution in [-0.4, -0.2) is 28.8 Å². The molecule has 18 heavy (non-hydrogen) atoms. The van der Waals surface area contributed by atoms with Gasteiger partial charge in [0.1, 0.15) is 5.69 Å². The summed E-state index contributed by atoms with van der Waals surface area (Å²) in [7, 11) is 0. The SMILES string of the molecule is CC1(O)CCCN(c2c(F)c(F)nc(F)c2F)C1. The maximum absolute atomic E-state index is 13.5. The summed E-state index contributed by atoms with van der Waals surface area (Å²) in [6.07, 6.45) is 0.931. The second-order valence-corrected chi connectivity index (χ2v) is 4.69. The van der Waals surface area contributed by atoms with Gasteiger partial charge in [-0.15, -0.1) is 0 Å². The van der Waals surface area contributed by atoms with Crippen molar-refractivity contribution in [1.82, 2.24) is 4.98 Å². The quantitative estimate of drug-likeness (QED) is 0.622. The molecule has 2 rings (SSSR count). The molecule has 1 atom stereocenters. The molecule has 0 aromatic carbocycles. The van der Waals surface area contributed by atoms with E-state index >= 15 is 0 Å². The lowest BCUT2D eigenvalue weighted by Gasteiger charge is -2.38. The van der Waals surface area contributed by atoms with Crippen molar-refractivity contribution in [2.24, 2.45) is 0 Å². The molecule has 1 saturated heterocycles. The van der Waals surface area contributed by atoms with Crippen LogP contribution in [0.1, 0.15) is 19.8 Å². The Morgan fingerprint density at radius 2 is 1.72 bits per heavy atom. The van der Waals surface area contributed by atoms with Gasteiger partial charge in [-0.3, -0.25) is 0 Å². The maximum atomic E-state index is 13.5. The number of rotatable bonds is 1. The number of hydrogen-bond donors (Lipinski definition) is 1. The molecule has 1 aliphatic heterocycles. The molecule has 0 bridgehead atoms. The van der Waals surface area contributed by atoms with Crippen molar-refractivity contribution < 1.29 is 22.7 Å². The smallest absolute Gasteiger partial charge is 0.253 e. The second kappa shape index (κ2) is 4.38. The molecule has 1 N–H and O–H groups in total. The summed E-state index contributed by atoms with van der Waals surface area (Å²) >= 11 is 0. The Morgan fingerprint density at radius 1 is 1.17 bits per heavy atom. The van der Waals surface area contributed by atoms with Crippen molar-refractivity contribution in [1.29, 1.82) is 0 Å². The van der Waals surface area contributed by atoms with E-state index in [1.807, 2.05) is 0 Å². The third-order valence-electron chi connectivity index (χ3n) is 2.97. The largest absolute Gasteiger partial charge is 0.388 e. The van der Waals surface area contributed by atoms with E-state index in [1.165, 1.54) is 6.92 Å². The van der Waals surface area contributed by atoms with Gasteiger partial charge in [0.2, 0.25) is 11.6 Å². The van der Waals surface area contributed by atoms with Crippen LogP contribution in [0.4, 0.5) is 23.2 Å². The number of anilines is 1. The van der Waals surface area contributed by atoms with Gasteiger partial charge >= 0.3 is 0 Å². The summed E-state index contributed by atoms with van der Waals surface area (Å²) in [5.74, 6) is -6.44. The molecule has 100 valence electrons. The summed E-state index contributed by atoms with van der Waals surface area (Å²) < 4.78 is 53.0. The highest BCUT2D eigenvalue weighted by atomic mass is 19.2. The van der Waals surface area contributed by atoms with Gasteiger partial charge in [0.25, 0.3) is 11.9 Å². The zero-order valence-corrected chi connectivity index (χ0v) is 9.68. The standard InChI is InChI=1S/C11H12F4N2O/c1-11(18)3-2-4-17(5-11)8-6(12)9(14)16-10(15)7(8)13/h18H,2-5H2,1H3. The first-order valence-electron chi connectivity index (χ1n) is 5.49. The van der Waals surface area contributed by atoms with Crippen molar-refractivity contribution in [2.45, 2.75) is 25.4 Å². The van der Waals surface area contributed by atoms with Gasteiger partial charge in [-0.1, -0.05) is 0 Å². The van der Waals surface area contributed by atoms with Gasteiger partial charge in [0, 0.05) is 13.1 Å². The fraction of sp³-hybridized carbons (Fsp3) is 0.545. The predicted octanol–water partition coefficient (Wildman–Crippen LogP) is 1.99. The van der Waals surface area contributed by atoms with Crippen LogP contribution in [0.2, 0.25) is 0 Å². The number of piperidine rings is 1. The molecule has 0 saturated carbocycles. The number of pyridine rings is 1. The topological polar surface area (TPSA) is 36.4 Å². The molecule has 0 spiro atoms. The van der Waals surface area contributed by atoms with Crippen LogP contribution in [0, 0.1) is 23.5 Å². The van der Waals surface area contributed by atoms with Crippen molar-refractivity contribution in [2.75, 3.05) is 18.0 Å². The van der Waals surface area contributed by atoms with Crippen LogP contribution >= 0.6 is 0 Å². The summed E-state index contributed by atoms with van der Waals surface area (Å²) in [6, 6.07) is 0. The first-order chi connectivity index (χ1) is 8.32. The van der Waals surface area contributed by atoms with Crippen molar-refractivity contribution in [3.63, 3.8) is 0 Å². The molecule has 1 unspecified atom stereocenters. The van der Waals surface area contributed by atoms with E-state index in [9.17, 15) is 22.7 Å². The Bertz CT molecular complexity index is 452. The van der Waals surface area contributed by atoms with Crippen molar-refractivity contribution >= 4 is 5.69 Å². The lowest BCUT2D eigenvalue weighted by Crippen LogP contribution is -2.47. The number of aromatic nitrogens is 1. The monoisotopic (exact) mass is 264 g/mol. The van der Waals surface area contributed by atoms with Gasteiger partial charge in [-0.05, 0) is 19.8 Å². The average Bonchev–Trinajstić information content (AvgIpc) is 2.25. The van der Waals surface area contributed by atoms with Crippen LogP contribution in [-0.2, 0) is 0 Å². The Morgan fingerprint density at radius 3 is 2.22 bits per heavy atom. The first-order valence-corrected chi connectivity index (χ1v) is 5.49. The van der Waals surface area contributed by atoms with Crippen LogP contribution in [0.15, 0.2) is 0 Å². The Labute approximate surface area is 101 Å². The fourth-order valence-corrected chi connectivity index (χ4v) is 2.16. The van der Waals surface area contributed by atoms with Crippen LogP contribution < -0.4 is 4.90 Å². The molecule has 0 radical (unpaired) electrons. The molecule has 2 heterocycles. The van der Waals surface area contributed by atoms with Crippen molar-refractivity contribution in [3.05, 3.63) is 23.5 Å². The zero-order chi connectivity index (χ0) is 13.5. The van der Waals surface area contributed by atoms with E-state index in [4.69, 9.17) is 0 Å². The third-order valence-corrected chi connectivity index (χ3v) is 2.97. The molecular formula is C11H12F4N2O. The molecule has 0 amide bonds. The van der Waals surface area contributed by atoms with E-state index in [1.54, 1.807) is 0 Å². The lowest BCUT2D eigenvalue weighted by atomic mass is 9.95. The summed E-state index contributed by atoms with van der Waals surface area (Å²) in [6.45, 7) is 1.62. The van der Waals surface area contributed by atoms with Crippen LogP contribution in [0.25, 0.3) is 0 Å². The summed E-state index contributed by atoms with van der Waals surface area (Å²) in [4.78, 5) is 3.59. The number of nitrogens with zero attached hydrogens (tertiary/aromatic N) is 2. The van der Waals surface area contributed by atoms with Gasteiger partial charge in [-0.25, -0.2) is 0 Å². The van der Waals surface area contributed by atoms with Crippen LogP contribution in [0.5, 0.6) is 0 Å². The minimum atomic E-state index is -1.69. The van der Waals surface area contributed by atoms with E-state index in [0.717, 1.165) is 4.90 Å². The van der Waals surface area contributed by atoms with Gasteiger partial charge < -0.3 is 10.0 Å².